The Kier molecular flexibility index (Phi) is 7.26. The Bertz CT molecular complexity index is 1690. The van der Waals surface area contributed by atoms with Crippen LogP contribution in [0.25, 0.3) is 16.0 Å². The Morgan fingerprint density at radius 2 is 1.98 bits per heavy atom. The Labute approximate surface area is 243 Å². The van der Waals surface area contributed by atoms with Crippen molar-refractivity contribution in [1.29, 1.82) is 0 Å². The summed E-state index contributed by atoms with van der Waals surface area (Å²) in [5.41, 5.74) is 3.94. The SMILES string of the molecule is CCCCCOc1cccc([C@@H]2C(=C(O)c3ccc4c(c3)C[C@@H](C)O4)C(=O)C(=O)N2c2nc3ccc(C)cc3s2)c1. The number of fused-ring (bicyclic) bond motifs is 2. The van der Waals surface area contributed by atoms with Crippen LogP contribution in [0.1, 0.15) is 61.4 Å². The highest BCUT2D eigenvalue weighted by molar-refractivity contribution is 7.22. The molecule has 0 aliphatic carbocycles. The Hall–Kier alpha value is -4.17. The molecule has 7 nitrogen and oxygen atoms in total. The number of aromatic nitrogens is 1. The molecule has 0 radical (unpaired) electrons. The summed E-state index contributed by atoms with van der Waals surface area (Å²) in [5.74, 6) is -0.275. The van der Waals surface area contributed by atoms with E-state index in [1.165, 1.54) is 16.2 Å². The highest BCUT2D eigenvalue weighted by Gasteiger charge is 2.48. The molecule has 2 aliphatic rings. The first-order chi connectivity index (χ1) is 19.8. The number of aliphatic hydroxyl groups excluding tert-OH is 1. The van der Waals surface area contributed by atoms with Crippen molar-refractivity contribution >= 4 is 44.1 Å². The number of ketones is 1. The molecule has 3 heterocycles. The first-order valence-electron chi connectivity index (χ1n) is 14.0. The minimum atomic E-state index is -0.876. The van der Waals surface area contributed by atoms with Crippen molar-refractivity contribution in [3.63, 3.8) is 0 Å². The minimum absolute atomic E-state index is 0.0282. The second-order valence-corrected chi connectivity index (χ2v) is 11.7. The van der Waals surface area contributed by atoms with Gasteiger partial charge in [0.05, 0.1) is 28.4 Å². The predicted molar refractivity (Wildman–Crippen MR) is 161 cm³/mol. The fourth-order valence-corrected chi connectivity index (χ4v) is 6.60. The summed E-state index contributed by atoms with van der Waals surface area (Å²) in [6.45, 7) is 6.70. The van der Waals surface area contributed by atoms with E-state index in [1.807, 2.05) is 62.4 Å². The number of carbonyl (C=O) groups is 2. The molecule has 0 spiro atoms. The standard InChI is InChI=1S/C33H32N2O5S/c1-4-5-6-14-39-24-9-7-8-21(18-24)29-28(30(36)22-11-13-26-23(17-22)16-20(3)40-26)31(37)32(38)35(29)33-34-25-12-10-19(2)15-27(25)41-33/h7-13,15,17-18,20,29,36H,4-6,14,16H2,1-3H3/t20-,29-/m1/s1. The van der Waals surface area contributed by atoms with Crippen molar-refractivity contribution in [1.82, 2.24) is 4.98 Å². The lowest BCUT2D eigenvalue weighted by Gasteiger charge is -2.23. The molecule has 1 aromatic heterocycles. The van der Waals surface area contributed by atoms with Crippen molar-refractivity contribution in [2.75, 3.05) is 11.5 Å². The lowest BCUT2D eigenvalue weighted by atomic mass is 9.94. The molecule has 0 unspecified atom stereocenters. The zero-order valence-electron chi connectivity index (χ0n) is 23.3. The van der Waals surface area contributed by atoms with Crippen LogP contribution in [0.2, 0.25) is 0 Å². The third-order valence-electron chi connectivity index (χ3n) is 7.54. The summed E-state index contributed by atoms with van der Waals surface area (Å²) in [6.07, 6.45) is 3.84. The summed E-state index contributed by atoms with van der Waals surface area (Å²) in [5, 5.41) is 12.0. The van der Waals surface area contributed by atoms with Crippen molar-refractivity contribution in [2.45, 2.75) is 58.6 Å². The number of aliphatic hydroxyl groups is 1. The molecule has 2 atom stereocenters. The maximum absolute atomic E-state index is 13.7. The van der Waals surface area contributed by atoms with E-state index in [1.54, 1.807) is 12.1 Å². The van der Waals surface area contributed by atoms with E-state index < -0.39 is 17.7 Å². The molecule has 0 saturated carbocycles. The van der Waals surface area contributed by atoms with Gasteiger partial charge in [-0.25, -0.2) is 4.98 Å². The van der Waals surface area contributed by atoms with Crippen molar-refractivity contribution in [2.24, 2.45) is 0 Å². The number of unbranched alkanes of at least 4 members (excludes halogenated alkanes) is 2. The first kappa shape index (κ1) is 27.0. The van der Waals surface area contributed by atoms with E-state index in [9.17, 15) is 14.7 Å². The Balaban J connectivity index is 1.47. The van der Waals surface area contributed by atoms with Gasteiger partial charge in [0, 0.05) is 12.0 Å². The van der Waals surface area contributed by atoms with Gasteiger partial charge < -0.3 is 14.6 Å². The predicted octanol–water partition coefficient (Wildman–Crippen LogP) is 7.12. The maximum Gasteiger partial charge on any atom is 0.301 e. The number of benzene rings is 3. The van der Waals surface area contributed by atoms with Gasteiger partial charge in [0.25, 0.3) is 5.78 Å². The van der Waals surface area contributed by atoms with Gasteiger partial charge in [-0.1, -0.05) is 49.3 Å². The second kappa shape index (κ2) is 11.0. The van der Waals surface area contributed by atoms with E-state index in [4.69, 9.17) is 14.5 Å². The lowest BCUT2D eigenvalue weighted by molar-refractivity contribution is -0.132. The molecule has 210 valence electrons. The van der Waals surface area contributed by atoms with Crippen molar-refractivity contribution in [3.05, 3.63) is 88.5 Å². The number of Topliss-reactive ketones (excluding diaryl/α,β-unsaturated/α-hetero) is 1. The molecule has 4 aromatic rings. The van der Waals surface area contributed by atoms with Gasteiger partial charge in [-0.05, 0) is 79.4 Å². The van der Waals surface area contributed by atoms with Gasteiger partial charge in [0.2, 0.25) is 0 Å². The Morgan fingerprint density at radius 3 is 2.80 bits per heavy atom. The van der Waals surface area contributed by atoms with Crippen LogP contribution >= 0.6 is 11.3 Å². The average molecular weight is 569 g/mol. The van der Waals surface area contributed by atoms with Gasteiger partial charge in [-0.2, -0.15) is 0 Å². The molecule has 2 aliphatic heterocycles. The third-order valence-corrected chi connectivity index (χ3v) is 8.56. The molecule has 1 saturated heterocycles. The molecular weight excluding hydrogens is 536 g/mol. The fraction of sp³-hybridized carbons (Fsp3) is 0.303. The zero-order chi connectivity index (χ0) is 28.7. The van der Waals surface area contributed by atoms with Gasteiger partial charge >= 0.3 is 5.91 Å². The average Bonchev–Trinajstić information content (AvgIpc) is 3.62. The third kappa shape index (κ3) is 5.08. The quantitative estimate of drug-likeness (QED) is 0.105. The highest BCUT2D eigenvalue weighted by Crippen LogP contribution is 2.45. The van der Waals surface area contributed by atoms with Gasteiger partial charge in [0.15, 0.2) is 5.13 Å². The second-order valence-electron chi connectivity index (χ2n) is 10.7. The van der Waals surface area contributed by atoms with Crippen molar-refractivity contribution < 1.29 is 24.2 Å². The number of thiazole rings is 1. The van der Waals surface area contributed by atoms with Crippen LogP contribution < -0.4 is 14.4 Å². The number of rotatable bonds is 8. The molecule has 1 amide bonds. The van der Waals surface area contributed by atoms with E-state index in [0.717, 1.165) is 46.4 Å². The number of carbonyl (C=O) groups excluding carboxylic acids is 2. The van der Waals surface area contributed by atoms with Crippen molar-refractivity contribution in [3.8, 4) is 11.5 Å². The van der Waals surface area contributed by atoms with E-state index in [2.05, 4.69) is 6.92 Å². The van der Waals surface area contributed by atoms with E-state index >= 15 is 0 Å². The largest absolute Gasteiger partial charge is 0.507 e. The van der Waals surface area contributed by atoms with Crippen LogP contribution in [-0.2, 0) is 16.0 Å². The number of amides is 1. The number of ether oxygens (including phenoxy) is 2. The summed E-state index contributed by atoms with van der Waals surface area (Å²) in [7, 11) is 0. The van der Waals surface area contributed by atoms with E-state index in [0.29, 0.717) is 35.0 Å². The summed E-state index contributed by atoms with van der Waals surface area (Å²) >= 11 is 1.35. The van der Waals surface area contributed by atoms with Crippen LogP contribution in [0, 0.1) is 6.92 Å². The molecule has 41 heavy (non-hydrogen) atoms. The minimum Gasteiger partial charge on any atom is -0.507 e. The maximum atomic E-state index is 13.7. The summed E-state index contributed by atoms with van der Waals surface area (Å²) in [6, 6.07) is 17.8. The zero-order valence-corrected chi connectivity index (χ0v) is 24.2. The van der Waals surface area contributed by atoms with Crippen LogP contribution in [0.5, 0.6) is 11.5 Å². The number of nitrogens with zero attached hydrogens (tertiary/aromatic N) is 2. The van der Waals surface area contributed by atoms with E-state index in [-0.39, 0.29) is 17.4 Å². The molecule has 6 rings (SSSR count). The summed E-state index contributed by atoms with van der Waals surface area (Å²) in [4.78, 5) is 33.5. The Morgan fingerprint density at radius 1 is 1.12 bits per heavy atom. The van der Waals surface area contributed by atoms with Gasteiger partial charge in [0.1, 0.15) is 23.4 Å². The van der Waals surface area contributed by atoms with Crippen LogP contribution in [0.15, 0.2) is 66.2 Å². The smallest absolute Gasteiger partial charge is 0.301 e. The molecular formula is C33H32N2O5S. The van der Waals surface area contributed by atoms with Crippen LogP contribution in [0.4, 0.5) is 5.13 Å². The monoisotopic (exact) mass is 568 g/mol. The molecule has 1 N–H and O–H groups in total. The van der Waals surface area contributed by atoms with Crippen LogP contribution in [-0.4, -0.2) is 34.5 Å². The van der Waals surface area contributed by atoms with Gasteiger partial charge in [-0.3, -0.25) is 14.5 Å². The van der Waals surface area contributed by atoms with Gasteiger partial charge in [-0.15, -0.1) is 0 Å². The topological polar surface area (TPSA) is 89.0 Å². The normalized spacial score (nSPS) is 19.5. The molecule has 1 fully saturated rings. The molecule has 8 heteroatoms. The number of aryl methyl sites for hydroxylation is 1. The first-order valence-corrected chi connectivity index (χ1v) is 14.9. The lowest BCUT2D eigenvalue weighted by Crippen LogP contribution is -2.29. The number of hydrogen-bond acceptors (Lipinski definition) is 7. The molecule has 3 aromatic carbocycles. The molecule has 0 bridgehead atoms. The highest BCUT2D eigenvalue weighted by atomic mass is 32.1. The van der Waals surface area contributed by atoms with Crippen LogP contribution in [0.3, 0.4) is 0 Å². The number of hydrogen-bond donors (Lipinski definition) is 1. The summed E-state index contributed by atoms with van der Waals surface area (Å²) < 4.78 is 12.7. The number of anilines is 1. The fourth-order valence-electron chi connectivity index (χ4n) is 5.51.